The molecule has 0 spiro atoms. The topological polar surface area (TPSA) is 66.4 Å². The molecule has 0 aliphatic heterocycles. The van der Waals surface area contributed by atoms with Gasteiger partial charge in [0.25, 0.3) is 0 Å². The maximum atomic E-state index is 12.9. The zero-order chi connectivity index (χ0) is 18.7. The maximum Gasteiger partial charge on any atom is 0.245 e. The van der Waals surface area contributed by atoms with Crippen LogP contribution < -0.4 is 4.72 Å². The number of halogens is 2. The molecule has 0 fully saturated rings. The van der Waals surface area contributed by atoms with E-state index in [9.17, 15) is 13.5 Å². The minimum atomic E-state index is -4.10. The second kappa shape index (κ2) is 7.68. The fourth-order valence-corrected chi connectivity index (χ4v) is 4.56. The first kappa shape index (κ1) is 18.7. The van der Waals surface area contributed by atoms with Crippen molar-refractivity contribution in [3.63, 3.8) is 0 Å². The number of sulfonamides is 1. The highest BCUT2D eigenvalue weighted by atomic mass is 35.5. The van der Waals surface area contributed by atoms with E-state index in [0.29, 0.717) is 0 Å². The normalized spacial score (nSPS) is 11.7. The average Bonchev–Trinajstić information content (AvgIpc) is 2.64. The first-order valence-electron chi connectivity index (χ1n) is 7.69. The van der Waals surface area contributed by atoms with Gasteiger partial charge in [-0.15, -0.1) is 0 Å². The van der Waals surface area contributed by atoms with E-state index in [1.165, 1.54) is 6.07 Å². The summed E-state index contributed by atoms with van der Waals surface area (Å²) < 4.78 is 28.5. The molecule has 0 heterocycles. The predicted molar refractivity (Wildman–Crippen MR) is 103 cm³/mol. The quantitative estimate of drug-likeness (QED) is 0.639. The standard InChI is InChI=1S/C19H15Cl2NO3S/c20-15-11-16(21)19(23)17(12-15)26(24,25)22-18(13-7-3-1-4-8-13)14-9-5-2-6-10-14/h1-12,18,22-23H. The Morgan fingerprint density at radius 3 is 1.85 bits per heavy atom. The molecule has 0 aliphatic carbocycles. The molecule has 3 aromatic carbocycles. The van der Waals surface area contributed by atoms with Crippen LogP contribution in [0.3, 0.4) is 0 Å². The Morgan fingerprint density at radius 2 is 1.35 bits per heavy atom. The Labute approximate surface area is 162 Å². The van der Waals surface area contributed by atoms with Crippen molar-refractivity contribution in [1.82, 2.24) is 4.72 Å². The lowest BCUT2D eigenvalue weighted by Crippen LogP contribution is -2.29. The minimum Gasteiger partial charge on any atom is -0.505 e. The minimum absolute atomic E-state index is 0.115. The molecule has 0 atom stereocenters. The van der Waals surface area contributed by atoms with Gasteiger partial charge >= 0.3 is 0 Å². The molecule has 0 saturated heterocycles. The van der Waals surface area contributed by atoms with Crippen molar-refractivity contribution in [3.05, 3.63) is 94.0 Å². The summed E-state index contributed by atoms with van der Waals surface area (Å²) in [6, 6.07) is 20.1. The van der Waals surface area contributed by atoms with Crippen LogP contribution in [0.1, 0.15) is 17.2 Å². The monoisotopic (exact) mass is 407 g/mol. The van der Waals surface area contributed by atoms with E-state index in [0.717, 1.165) is 17.2 Å². The highest BCUT2D eigenvalue weighted by Crippen LogP contribution is 2.35. The Kier molecular flexibility index (Phi) is 5.53. The van der Waals surface area contributed by atoms with Gasteiger partial charge in [0.2, 0.25) is 10.0 Å². The van der Waals surface area contributed by atoms with Crippen LogP contribution in [-0.4, -0.2) is 13.5 Å². The molecule has 0 bridgehead atoms. The molecule has 7 heteroatoms. The first-order valence-corrected chi connectivity index (χ1v) is 9.92. The molecule has 4 nitrogen and oxygen atoms in total. The average molecular weight is 408 g/mol. The third kappa shape index (κ3) is 4.02. The molecule has 0 aromatic heterocycles. The number of hydrogen-bond acceptors (Lipinski definition) is 3. The number of nitrogens with one attached hydrogen (secondary N) is 1. The van der Waals surface area contributed by atoms with Gasteiger partial charge in [0.1, 0.15) is 4.90 Å². The lowest BCUT2D eigenvalue weighted by Gasteiger charge is -2.20. The van der Waals surface area contributed by atoms with Crippen LogP contribution >= 0.6 is 23.2 Å². The zero-order valence-electron chi connectivity index (χ0n) is 13.4. The molecular weight excluding hydrogens is 393 g/mol. The van der Waals surface area contributed by atoms with Crippen LogP contribution in [0.4, 0.5) is 0 Å². The summed E-state index contributed by atoms with van der Waals surface area (Å²) in [6.45, 7) is 0. The van der Waals surface area contributed by atoms with E-state index < -0.39 is 21.8 Å². The number of phenols is 1. The van der Waals surface area contributed by atoms with Crippen molar-refractivity contribution in [3.8, 4) is 5.75 Å². The molecule has 0 radical (unpaired) electrons. The fraction of sp³-hybridized carbons (Fsp3) is 0.0526. The smallest absolute Gasteiger partial charge is 0.245 e. The van der Waals surface area contributed by atoms with Gasteiger partial charge in [-0.1, -0.05) is 83.9 Å². The molecule has 0 unspecified atom stereocenters. The summed E-state index contributed by atoms with van der Waals surface area (Å²) in [4.78, 5) is -0.369. The van der Waals surface area contributed by atoms with E-state index in [1.54, 1.807) is 0 Å². The van der Waals surface area contributed by atoms with E-state index in [-0.39, 0.29) is 14.9 Å². The predicted octanol–water partition coefficient (Wildman–Crippen LogP) is 4.77. The van der Waals surface area contributed by atoms with Gasteiger partial charge in [-0.3, -0.25) is 0 Å². The number of phenolic OH excluding ortho intramolecular Hbond substituents is 1. The number of aromatic hydroxyl groups is 1. The van der Waals surface area contributed by atoms with Crippen LogP contribution in [0, 0.1) is 0 Å². The Hall–Kier alpha value is -2.05. The largest absolute Gasteiger partial charge is 0.505 e. The summed E-state index contributed by atoms with van der Waals surface area (Å²) in [5.41, 5.74) is 1.52. The van der Waals surface area contributed by atoms with Gasteiger partial charge in [-0.2, -0.15) is 4.72 Å². The second-order valence-corrected chi connectivity index (χ2v) is 8.14. The molecule has 3 aromatic rings. The van der Waals surface area contributed by atoms with Gasteiger partial charge < -0.3 is 5.11 Å². The highest BCUT2D eigenvalue weighted by molar-refractivity contribution is 7.89. The lowest BCUT2D eigenvalue weighted by molar-refractivity contribution is 0.457. The summed E-state index contributed by atoms with van der Waals surface area (Å²) in [7, 11) is -4.10. The van der Waals surface area contributed by atoms with Crippen LogP contribution in [0.5, 0.6) is 5.75 Å². The molecular formula is C19H15Cl2NO3S. The van der Waals surface area contributed by atoms with Gasteiger partial charge in [0.15, 0.2) is 5.75 Å². The van der Waals surface area contributed by atoms with Crippen molar-refractivity contribution in [1.29, 1.82) is 0 Å². The lowest BCUT2D eigenvalue weighted by atomic mass is 10.00. The summed E-state index contributed by atoms with van der Waals surface area (Å²) in [5.74, 6) is -0.538. The SMILES string of the molecule is O=S(=O)(NC(c1ccccc1)c1ccccc1)c1cc(Cl)cc(Cl)c1O. The number of hydrogen-bond donors (Lipinski definition) is 2. The van der Waals surface area contributed by atoms with Crippen molar-refractivity contribution in [2.75, 3.05) is 0 Å². The fourth-order valence-electron chi connectivity index (χ4n) is 2.59. The zero-order valence-corrected chi connectivity index (χ0v) is 15.8. The number of benzene rings is 3. The summed E-state index contributed by atoms with van der Waals surface area (Å²) in [6.07, 6.45) is 0. The molecule has 0 saturated carbocycles. The van der Waals surface area contributed by atoms with E-state index >= 15 is 0 Å². The molecule has 2 N–H and O–H groups in total. The van der Waals surface area contributed by atoms with Crippen molar-refractivity contribution >= 4 is 33.2 Å². The Balaban J connectivity index is 2.07. The Morgan fingerprint density at radius 1 is 0.846 bits per heavy atom. The van der Waals surface area contributed by atoms with Gasteiger partial charge in [-0.05, 0) is 23.3 Å². The van der Waals surface area contributed by atoms with Crippen molar-refractivity contribution in [2.24, 2.45) is 0 Å². The van der Waals surface area contributed by atoms with Gasteiger partial charge in [0, 0.05) is 5.02 Å². The van der Waals surface area contributed by atoms with E-state index in [1.807, 2.05) is 60.7 Å². The van der Waals surface area contributed by atoms with Crippen LogP contribution in [0.2, 0.25) is 10.0 Å². The Bertz CT molecular complexity index is 970. The van der Waals surface area contributed by atoms with Gasteiger partial charge in [-0.25, -0.2) is 8.42 Å². The molecule has 26 heavy (non-hydrogen) atoms. The van der Waals surface area contributed by atoms with Crippen LogP contribution in [0.25, 0.3) is 0 Å². The third-order valence-electron chi connectivity index (χ3n) is 3.82. The highest BCUT2D eigenvalue weighted by Gasteiger charge is 2.26. The summed E-state index contributed by atoms with van der Waals surface area (Å²) in [5, 5.41) is 10.1. The maximum absolute atomic E-state index is 12.9. The van der Waals surface area contributed by atoms with Crippen LogP contribution in [-0.2, 0) is 10.0 Å². The second-order valence-electron chi connectivity index (χ2n) is 5.61. The molecule has 134 valence electrons. The first-order chi connectivity index (χ1) is 12.4. The van der Waals surface area contributed by atoms with Crippen LogP contribution in [0.15, 0.2) is 77.7 Å². The van der Waals surface area contributed by atoms with E-state index in [2.05, 4.69) is 4.72 Å². The molecule has 0 amide bonds. The van der Waals surface area contributed by atoms with Crippen molar-refractivity contribution in [2.45, 2.75) is 10.9 Å². The number of rotatable bonds is 5. The molecule has 0 aliphatic rings. The van der Waals surface area contributed by atoms with E-state index in [4.69, 9.17) is 23.2 Å². The molecule has 3 rings (SSSR count). The third-order valence-corrected chi connectivity index (χ3v) is 5.76. The van der Waals surface area contributed by atoms with Gasteiger partial charge in [0.05, 0.1) is 11.1 Å². The van der Waals surface area contributed by atoms with Crippen molar-refractivity contribution < 1.29 is 13.5 Å². The summed E-state index contributed by atoms with van der Waals surface area (Å²) >= 11 is 11.8.